The Labute approximate surface area is 89.6 Å². The topological polar surface area (TPSA) is 26.3 Å². The second-order valence-electron chi connectivity index (χ2n) is 3.85. The summed E-state index contributed by atoms with van der Waals surface area (Å²) in [4.78, 5) is 11.6. The van der Waals surface area contributed by atoms with Crippen molar-refractivity contribution in [3.8, 4) is 0 Å². The third-order valence-corrected chi connectivity index (χ3v) is 2.69. The van der Waals surface area contributed by atoms with Crippen LogP contribution in [-0.2, 0) is 9.53 Å². The van der Waals surface area contributed by atoms with E-state index in [2.05, 4.69) is 0 Å². The summed E-state index contributed by atoms with van der Waals surface area (Å²) in [6.45, 7) is 4.16. The third kappa shape index (κ3) is 1.67. The van der Waals surface area contributed by atoms with Crippen LogP contribution in [-0.4, -0.2) is 12.6 Å². The first kappa shape index (κ1) is 9.97. The first-order chi connectivity index (χ1) is 7.18. The average Bonchev–Trinajstić information content (AvgIpc) is 2.94. The predicted octanol–water partition coefficient (Wildman–Crippen LogP) is 2.65. The lowest BCUT2D eigenvalue weighted by Crippen LogP contribution is -2.18. The molecule has 0 saturated heterocycles. The van der Waals surface area contributed by atoms with E-state index in [1.165, 1.54) is 0 Å². The summed E-state index contributed by atoms with van der Waals surface area (Å²) in [5, 5.41) is 0. The Morgan fingerprint density at radius 2 is 2.00 bits per heavy atom. The normalized spacial score (nSPS) is 23.2. The second kappa shape index (κ2) is 3.54. The maximum atomic E-state index is 11.6. The molecule has 1 aromatic carbocycles. The van der Waals surface area contributed by atoms with Crippen LogP contribution in [0.25, 0.3) is 5.57 Å². The number of hydrogen-bond acceptors (Lipinski definition) is 2. The van der Waals surface area contributed by atoms with Gasteiger partial charge in [-0.15, -0.1) is 0 Å². The van der Waals surface area contributed by atoms with Crippen LogP contribution in [0, 0.1) is 5.41 Å². The molecule has 0 bridgehead atoms. The lowest BCUT2D eigenvalue weighted by atomic mass is 9.99. The van der Waals surface area contributed by atoms with Gasteiger partial charge in [0.2, 0.25) is 0 Å². The minimum atomic E-state index is -0.489. The van der Waals surface area contributed by atoms with E-state index in [-0.39, 0.29) is 5.97 Å². The van der Waals surface area contributed by atoms with E-state index in [4.69, 9.17) is 4.74 Å². The van der Waals surface area contributed by atoms with Crippen LogP contribution in [0.15, 0.2) is 36.4 Å². The van der Waals surface area contributed by atoms with Gasteiger partial charge in [0.15, 0.2) is 0 Å². The van der Waals surface area contributed by atoms with E-state index < -0.39 is 5.41 Å². The van der Waals surface area contributed by atoms with Crippen molar-refractivity contribution in [3.63, 3.8) is 0 Å². The Hall–Kier alpha value is -1.57. The van der Waals surface area contributed by atoms with Crippen molar-refractivity contribution < 1.29 is 9.53 Å². The van der Waals surface area contributed by atoms with E-state index in [0.29, 0.717) is 6.61 Å². The van der Waals surface area contributed by atoms with Crippen molar-refractivity contribution in [2.24, 2.45) is 5.41 Å². The van der Waals surface area contributed by atoms with Crippen molar-refractivity contribution in [2.75, 3.05) is 6.61 Å². The summed E-state index contributed by atoms with van der Waals surface area (Å²) in [6.07, 6.45) is 1.96. The van der Waals surface area contributed by atoms with Crippen LogP contribution in [0.5, 0.6) is 0 Å². The van der Waals surface area contributed by atoms with Crippen LogP contribution in [0.3, 0.4) is 0 Å². The Balaban J connectivity index is 2.12. The molecule has 2 nitrogen and oxygen atoms in total. The van der Waals surface area contributed by atoms with E-state index in [1.54, 1.807) is 0 Å². The van der Waals surface area contributed by atoms with Gasteiger partial charge in [0.05, 0.1) is 6.61 Å². The van der Waals surface area contributed by atoms with Gasteiger partial charge in [-0.05, 0) is 25.0 Å². The highest BCUT2D eigenvalue weighted by Gasteiger charge is 2.48. The minimum Gasteiger partial charge on any atom is -0.465 e. The Bertz CT molecular complexity index is 406. The summed E-state index contributed by atoms with van der Waals surface area (Å²) >= 11 is 0. The standard InChI is InChI=1S/C13H14O2/c1-3-15-12(14)13(2)9-11(13)10-7-5-4-6-8-10/h4-9H,3H2,1-2H3. The van der Waals surface area contributed by atoms with Crippen LogP contribution < -0.4 is 0 Å². The summed E-state index contributed by atoms with van der Waals surface area (Å²) < 4.78 is 5.03. The van der Waals surface area contributed by atoms with Gasteiger partial charge in [-0.25, -0.2) is 0 Å². The van der Waals surface area contributed by atoms with Crippen LogP contribution >= 0.6 is 0 Å². The zero-order chi connectivity index (χ0) is 10.9. The van der Waals surface area contributed by atoms with Gasteiger partial charge in [-0.2, -0.15) is 0 Å². The van der Waals surface area contributed by atoms with E-state index in [0.717, 1.165) is 11.1 Å². The quantitative estimate of drug-likeness (QED) is 0.704. The number of carbonyl (C=O) groups is 1. The Morgan fingerprint density at radius 3 is 2.60 bits per heavy atom. The van der Waals surface area contributed by atoms with Crippen molar-refractivity contribution in [1.82, 2.24) is 0 Å². The van der Waals surface area contributed by atoms with Gasteiger partial charge in [0.1, 0.15) is 5.41 Å². The summed E-state index contributed by atoms with van der Waals surface area (Å²) in [6, 6.07) is 9.93. The number of rotatable bonds is 3. The predicted molar refractivity (Wildman–Crippen MR) is 59.2 cm³/mol. The van der Waals surface area contributed by atoms with E-state index in [9.17, 15) is 4.79 Å². The lowest BCUT2D eigenvalue weighted by molar-refractivity contribution is -0.147. The second-order valence-corrected chi connectivity index (χ2v) is 3.85. The molecule has 0 radical (unpaired) electrons. The van der Waals surface area contributed by atoms with Crippen LogP contribution in [0.1, 0.15) is 19.4 Å². The fraction of sp³-hybridized carbons (Fsp3) is 0.308. The van der Waals surface area contributed by atoms with Gasteiger partial charge >= 0.3 is 5.97 Å². The zero-order valence-corrected chi connectivity index (χ0v) is 8.99. The molecule has 1 aromatic rings. The Morgan fingerprint density at radius 1 is 1.33 bits per heavy atom. The fourth-order valence-electron chi connectivity index (χ4n) is 1.70. The molecule has 2 rings (SSSR count). The molecule has 0 N–H and O–H groups in total. The number of ether oxygens (including phenoxy) is 1. The average molecular weight is 202 g/mol. The molecule has 0 amide bonds. The molecular weight excluding hydrogens is 188 g/mol. The number of hydrogen-bond donors (Lipinski definition) is 0. The molecule has 78 valence electrons. The first-order valence-electron chi connectivity index (χ1n) is 5.14. The molecule has 0 spiro atoms. The monoisotopic (exact) mass is 202 g/mol. The molecule has 15 heavy (non-hydrogen) atoms. The molecule has 1 unspecified atom stereocenters. The highest BCUT2D eigenvalue weighted by Crippen LogP contribution is 2.51. The summed E-state index contributed by atoms with van der Waals surface area (Å²) in [5.74, 6) is -0.149. The SMILES string of the molecule is CCOC(=O)C1(C)C=C1c1ccccc1. The minimum absolute atomic E-state index is 0.149. The van der Waals surface area contributed by atoms with Crippen molar-refractivity contribution >= 4 is 11.5 Å². The number of carbonyl (C=O) groups excluding carboxylic acids is 1. The molecule has 1 aliphatic carbocycles. The summed E-state index contributed by atoms with van der Waals surface area (Å²) in [7, 11) is 0. The highest BCUT2D eigenvalue weighted by molar-refractivity contribution is 6.05. The molecular formula is C13H14O2. The van der Waals surface area contributed by atoms with Crippen molar-refractivity contribution in [1.29, 1.82) is 0 Å². The molecule has 0 aliphatic heterocycles. The van der Waals surface area contributed by atoms with Crippen LogP contribution in [0.2, 0.25) is 0 Å². The molecule has 1 aliphatic rings. The first-order valence-corrected chi connectivity index (χ1v) is 5.14. The number of esters is 1. The van der Waals surface area contributed by atoms with Gasteiger partial charge in [-0.3, -0.25) is 4.79 Å². The van der Waals surface area contributed by atoms with E-state index >= 15 is 0 Å². The fourth-order valence-corrected chi connectivity index (χ4v) is 1.70. The Kier molecular flexibility index (Phi) is 2.35. The van der Waals surface area contributed by atoms with Gasteiger partial charge in [0, 0.05) is 0 Å². The smallest absolute Gasteiger partial charge is 0.320 e. The maximum absolute atomic E-state index is 11.6. The largest absolute Gasteiger partial charge is 0.465 e. The molecule has 0 saturated carbocycles. The molecule has 2 heteroatoms. The maximum Gasteiger partial charge on any atom is 0.320 e. The number of benzene rings is 1. The van der Waals surface area contributed by atoms with Gasteiger partial charge in [-0.1, -0.05) is 36.4 Å². The highest BCUT2D eigenvalue weighted by atomic mass is 16.5. The van der Waals surface area contributed by atoms with E-state index in [1.807, 2.05) is 50.3 Å². The van der Waals surface area contributed by atoms with Crippen LogP contribution in [0.4, 0.5) is 0 Å². The lowest BCUT2D eigenvalue weighted by Gasteiger charge is -2.10. The molecule has 1 atom stereocenters. The molecule has 0 heterocycles. The van der Waals surface area contributed by atoms with Crippen molar-refractivity contribution in [2.45, 2.75) is 13.8 Å². The summed E-state index contributed by atoms with van der Waals surface area (Å²) in [5.41, 5.74) is 1.69. The van der Waals surface area contributed by atoms with Gasteiger partial charge in [0.25, 0.3) is 0 Å². The molecule has 0 aromatic heterocycles. The zero-order valence-electron chi connectivity index (χ0n) is 8.99. The van der Waals surface area contributed by atoms with Crippen molar-refractivity contribution in [3.05, 3.63) is 42.0 Å². The third-order valence-electron chi connectivity index (χ3n) is 2.69. The molecule has 0 fully saturated rings. The van der Waals surface area contributed by atoms with Gasteiger partial charge < -0.3 is 4.74 Å².